The van der Waals surface area contributed by atoms with Crippen molar-refractivity contribution >= 4 is 23.5 Å². The zero-order valence-corrected chi connectivity index (χ0v) is 17.1. The van der Waals surface area contributed by atoms with E-state index in [4.69, 9.17) is 10.5 Å². The Kier molecular flexibility index (Phi) is 6.64. The number of halogens is 2. The molecule has 8 heteroatoms. The van der Waals surface area contributed by atoms with Crippen LogP contribution in [0.1, 0.15) is 60.8 Å². The summed E-state index contributed by atoms with van der Waals surface area (Å²) in [6.45, 7) is 0.734. The van der Waals surface area contributed by atoms with Crippen LogP contribution in [0.2, 0.25) is 0 Å². The van der Waals surface area contributed by atoms with Crippen LogP contribution in [0.3, 0.4) is 0 Å². The lowest BCUT2D eigenvalue weighted by atomic mass is 9.96. The first-order valence-electron chi connectivity index (χ1n) is 9.95. The summed E-state index contributed by atoms with van der Waals surface area (Å²) in [5.74, 6) is -3.41. The summed E-state index contributed by atoms with van der Waals surface area (Å²) < 4.78 is 32.4. The van der Waals surface area contributed by atoms with Gasteiger partial charge in [0.1, 0.15) is 17.1 Å². The lowest BCUT2D eigenvalue weighted by molar-refractivity contribution is 0.0126. The van der Waals surface area contributed by atoms with Crippen LogP contribution in [-0.4, -0.2) is 30.3 Å². The number of carbonyl (C=O) groups excluding carboxylic acids is 1. The van der Waals surface area contributed by atoms with Crippen molar-refractivity contribution < 1.29 is 18.3 Å². The predicted molar refractivity (Wildman–Crippen MR) is 114 cm³/mol. The van der Waals surface area contributed by atoms with Gasteiger partial charge in [0, 0.05) is 36.5 Å². The van der Waals surface area contributed by atoms with E-state index in [0.717, 1.165) is 19.8 Å². The number of aliphatic imine (C=N–C) groups is 1. The number of carbonyl (C=O) groups is 1. The molecule has 3 rings (SSSR count). The number of methoxy groups -OCH3 is 1. The topological polar surface area (TPSA) is 89.6 Å². The standard InChI is InChI=1S/C22H26F2N4O2/c1-22(23,24)20-10-6-9-17(27-20)21(29)28-18-11-14(16(25)12-19(18)30-2)13-26-15-7-4-3-5-8-15/h6,9-13,15H,3-5,7-8,25H2,1-2H3,(H,28,29). The van der Waals surface area contributed by atoms with Gasteiger partial charge in [-0.15, -0.1) is 0 Å². The van der Waals surface area contributed by atoms with E-state index in [1.807, 2.05) is 0 Å². The van der Waals surface area contributed by atoms with E-state index in [2.05, 4.69) is 15.3 Å². The van der Waals surface area contributed by atoms with Crippen LogP contribution in [0.4, 0.5) is 20.2 Å². The van der Waals surface area contributed by atoms with Crippen LogP contribution < -0.4 is 15.8 Å². The molecule has 0 aliphatic heterocycles. The third kappa shape index (κ3) is 5.31. The van der Waals surface area contributed by atoms with Gasteiger partial charge in [-0.3, -0.25) is 9.79 Å². The minimum atomic E-state index is -3.14. The van der Waals surface area contributed by atoms with Crippen molar-refractivity contribution in [2.45, 2.75) is 51.0 Å². The molecule has 2 aromatic rings. The van der Waals surface area contributed by atoms with Crippen molar-refractivity contribution in [1.82, 2.24) is 4.98 Å². The highest BCUT2D eigenvalue weighted by Gasteiger charge is 2.27. The molecule has 1 amide bonds. The molecule has 1 aromatic heterocycles. The monoisotopic (exact) mass is 416 g/mol. The molecule has 1 saturated carbocycles. The normalized spacial score (nSPS) is 15.3. The molecule has 3 N–H and O–H groups in total. The van der Waals surface area contributed by atoms with Gasteiger partial charge < -0.3 is 15.8 Å². The minimum Gasteiger partial charge on any atom is -0.494 e. The van der Waals surface area contributed by atoms with Crippen LogP contribution in [0.25, 0.3) is 0 Å². The van der Waals surface area contributed by atoms with Crippen LogP contribution in [0, 0.1) is 0 Å². The third-order valence-electron chi connectivity index (χ3n) is 5.08. The Morgan fingerprint density at radius 1 is 1.30 bits per heavy atom. The molecule has 1 aliphatic rings. The maximum Gasteiger partial charge on any atom is 0.287 e. The Morgan fingerprint density at radius 3 is 2.70 bits per heavy atom. The molecule has 160 valence electrons. The molecular formula is C22H26F2N4O2. The van der Waals surface area contributed by atoms with E-state index in [0.29, 0.717) is 22.7 Å². The number of hydrogen-bond acceptors (Lipinski definition) is 5. The molecule has 0 saturated heterocycles. The van der Waals surface area contributed by atoms with Crippen molar-refractivity contribution in [3.63, 3.8) is 0 Å². The number of nitrogen functional groups attached to an aromatic ring is 1. The van der Waals surface area contributed by atoms with E-state index in [1.165, 1.54) is 44.6 Å². The highest BCUT2D eigenvalue weighted by Crippen LogP contribution is 2.31. The number of pyridine rings is 1. The molecule has 0 atom stereocenters. The summed E-state index contributed by atoms with van der Waals surface area (Å²) in [7, 11) is 1.46. The predicted octanol–water partition coefficient (Wildman–Crippen LogP) is 4.79. The number of nitrogens with zero attached hydrogens (tertiary/aromatic N) is 2. The number of nitrogens with one attached hydrogen (secondary N) is 1. The third-order valence-corrected chi connectivity index (χ3v) is 5.08. The summed E-state index contributed by atoms with van der Waals surface area (Å²) in [6.07, 6.45) is 7.41. The van der Waals surface area contributed by atoms with Gasteiger partial charge >= 0.3 is 0 Å². The highest BCUT2D eigenvalue weighted by atomic mass is 19.3. The Labute approximate surface area is 174 Å². The first-order valence-corrected chi connectivity index (χ1v) is 9.95. The molecule has 0 bridgehead atoms. The fourth-order valence-electron chi connectivity index (χ4n) is 3.40. The molecule has 6 nitrogen and oxygen atoms in total. The van der Waals surface area contributed by atoms with Gasteiger partial charge in [0.05, 0.1) is 12.8 Å². The van der Waals surface area contributed by atoms with Crippen LogP contribution >= 0.6 is 0 Å². The Bertz CT molecular complexity index is 935. The van der Waals surface area contributed by atoms with E-state index >= 15 is 0 Å². The quantitative estimate of drug-likeness (QED) is 0.523. The summed E-state index contributed by atoms with van der Waals surface area (Å²) in [6, 6.07) is 7.47. The SMILES string of the molecule is COc1cc(N)c(C=NC2CCCCC2)cc1NC(=O)c1cccc(C(C)(F)F)n1. The first-order chi connectivity index (χ1) is 14.3. The molecule has 1 aliphatic carbocycles. The van der Waals surface area contributed by atoms with Crippen molar-refractivity contribution in [2.24, 2.45) is 4.99 Å². The fraction of sp³-hybridized carbons (Fsp3) is 0.409. The Hall–Kier alpha value is -3.03. The number of nitrogens with two attached hydrogens (primary N) is 1. The molecule has 0 spiro atoms. The number of hydrogen-bond donors (Lipinski definition) is 2. The van der Waals surface area contributed by atoms with Gasteiger partial charge in [0.2, 0.25) is 0 Å². The zero-order chi connectivity index (χ0) is 21.7. The number of alkyl halides is 2. The number of anilines is 2. The van der Waals surface area contributed by atoms with Gasteiger partial charge in [-0.1, -0.05) is 25.3 Å². The number of benzene rings is 1. The van der Waals surface area contributed by atoms with Crippen molar-refractivity contribution in [2.75, 3.05) is 18.2 Å². The lowest BCUT2D eigenvalue weighted by Crippen LogP contribution is -2.18. The van der Waals surface area contributed by atoms with Crippen LogP contribution in [-0.2, 0) is 5.92 Å². The number of aromatic nitrogens is 1. The van der Waals surface area contributed by atoms with Crippen LogP contribution in [0.15, 0.2) is 35.3 Å². The molecular weight excluding hydrogens is 390 g/mol. The summed E-state index contributed by atoms with van der Waals surface area (Å²) in [4.78, 5) is 21.0. The second-order valence-electron chi connectivity index (χ2n) is 7.50. The average Bonchev–Trinajstić information content (AvgIpc) is 2.74. The van der Waals surface area contributed by atoms with Gasteiger partial charge in [-0.2, -0.15) is 8.78 Å². The minimum absolute atomic E-state index is 0.120. The highest BCUT2D eigenvalue weighted by molar-refractivity contribution is 6.04. The summed E-state index contributed by atoms with van der Waals surface area (Å²) in [5.41, 5.74) is 7.00. The number of rotatable bonds is 6. The summed E-state index contributed by atoms with van der Waals surface area (Å²) >= 11 is 0. The van der Waals surface area contributed by atoms with Gasteiger partial charge in [-0.05, 0) is 31.0 Å². The van der Waals surface area contributed by atoms with Gasteiger partial charge in [-0.25, -0.2) is 4.98 Å². The van der Waals surface area contributed by atoms with Gasteiger partial charge in [0.25, 0.3) is 11.8 Å². The fourth-order valence-corrected chi connectivity index (χ4v) is 3.40. The molecule has 30 heavy (non-hydrogen) atoms. The smallest absolute Gasteiger partial charge is 0.287 e. The van der Waals surface area contributed by atoms with Gasteiger partial charge in [0.15, 0.2) is 0 Å². The van der Waals surface area contributed by atoms with Crippen molar-refractivity contribution in [3.05, 3.63) is 47.3 Å². The first kappa shape index (κ1) is 21.7. The largest absolute Gasteiger partial charge is 0.494 e. The summed E-state index contributed by atoms with van der Waals surface area (Å²) in [5, 5.41) is 2.67. The lowest BCUT2D eigenvalue weighted by Gasteiger charge is -2.17. The second-order valence-corrected chi connectivity index (χ2v) is 7.50. The maximum absolute atomic E-state index is 13.5. The second kappa shape index (κ2) is 9.19. The van der Waals surface area contributed by atoms with E-state index in [-0.39, 0.29) is 11.7 Å². The van der Waals surface area contributed by atoms with E-state index in [9.17, 15) is 13.6 Å². The molecule has 0 radical (unpaired) electrons. The Morgan fingerprint density at radius 2 is 2.03 bits per heavy atom. The van der Waals surface area contributed by atoms with E-state index in [1.54, 1.807) is 18.3 Å². The molecule has 1 heterocycles. The number of ether oxygens (including phenoxy) is 1. The maximum atomic E-state index is 13.5. The van der Waals surface area contributed by atoms with Crippen LogP contribution in [0.5, 0.6) is 5.75 Å². The zero-order valence-electron chi connectivity index (χ0n) is 17.1. The Balaban J connectivity index is 1.84. The number of amides is 1. The van der Waals surface area contributed by atoms with E-state index < -0.39 is 17.5 Å². The average molecular weight is 416 g/mol. The van der Waals surface area contributed by atoms with Crippen molar-refractivity contribution in [3.8, 4) is 5.75 Å². The van der Waals surface area contributed by atoms with Crippen molar-refractivity contribution in [1.29, 1.82) is 0 Å². The molecule has 1 fully saturated rings. The molecule has 0 unspecified atom stereocenters. The molecule has 1 aromatic carbocycles.